The Morgan fingerprint density at radius 2 is 2.08 bits per heavy atom. The van der Waals surface area contributed by atoms with Gasteiger partial charge in [-0.2, -0.15) is 0 Å². The van der Waals surface area contributed by atoms with Gasteiger partial charge in [-0.25, -0.2) is 4.98 Å². The first-order chi connectivity index (χ1) is 5.44. The highest BCUT2D eigenvalue weighted by Gasteiger charge is 2.16. The summed E-state index contributed by atoms with van der Waals surface area (Å²) in [6, 6.07) is -0.146. The van der Waals surface area contributed by atoms with Gasteiger partial charge in [-0.3, -0.25) is 0 Å². The monoisotopic (exact) mass is 171 g/mol. The number of imidazole rings is 1. The van der Waals surface area contributed by atoms with Crippen molar-refractivity contribution in [2.75, 3.05) is 0 Å². The summed E-state index contributed by atoms with van der Waals surface area (Å²) in [6.45, 7) is 5.16. The van der Waals surface area contributed by atoms with Crippen LogP contribution in [-0.2, 0) is 0 Å². The molecular weight excluding hydrogens is 154 g/mol. The average molecular weight is 171 g/mol. The van der Waals surface area contributed by atoms with Gasteiger partial charge in [-0.15, -0.1) is 0 Å². The number of hydrogen-bond acceptors (Lipinski definition) is 3. The first-order valence-corrected chi connectivity index (χ1v) is 3.85. The molecule has 1 aromatic heterocycles. The molecule has 0 aliphatic rings. The Kier molecular flexibility index (Phi) is 4.54. The van der Waals surface area contributed by atoms with E-state index in [1.54, 1.807) is 39.5 Å². The summed E-state index contributed by atoms with van der Waals surface area (Å²) in [5, 5.41) is 8.97. The summed E-state index contributed by atoms with van der Waals surface area (Å²) in [5.41, 5.74) is 4.60. The lowest BCUT2D eigenvalue weighted by Crippen LogP contribution is -2.40. The van der Waals surface area contributed by atoms with Crippen LogP contribution in [0, 0.1) is 0 Å². The van der Waals surface area contributed by atoms with E-state index in [9.17, 15) is 0 Å². The van der Waals surface area contributed by atoms with E-state index in [1.165, 1.54) is 0 Å². The Bertz CT molecular complexity index is 159. The van der Waals surface area contributed by atoms with Crippen molar-refractivity contribution in [1.82, 2.24) is 9.97 Å². The number of nitrogens with two attached hydrogens (primary N) is 1. The van der Waals surface area contributed by atoms with Crippen LogP contribution in [0.2, 0.25) is 0 Å². The van der Waals surface area contributed by atoms with Gasteiger partial charge in [0.15, 0.2) is 0 Å². The van der Waals surface area contributed by atoms with Crippen LogP contribution in [0.25, 0.3) is 0 Å². The predicted octanol–water partition coefficient (Wildman–Crippen LogP) is 0.514. The fraction of sp³-hybridized carbons (Fsp3) is 0.625. The number of hydrogen-bond donors (Lipinski definition) is 3. The summed E-state index contributed by atoms with van der Waals surface area (Å²) in [5.74, 6) is 0. The Labute approximate surface area is 72.8 Å². The molecule has 0 saturated carbocycles. The number of aliphatic hydroxyl groups is 1. The van der Waals surface area contributed by atoms with Gasteiger partial charge in [-0.05, 0) is 20.8 Å². The van der Waals surface area contributed by atoms with E-state index < -0.39 is 5.60 Å². The molecule has 0 aliphatic carbocycles. The fourth-order valence-corrected chi connectivity index (χ4v) is 0.215. The lowest BCUT2D eigenvalue weighted by Gasteiger charge is -2.20. The zero-order valence-corrected chi connectivity index (χ0v) is 7.78. The van der Waals surface area contributed by atoms with E-state index in [0.29, 0.717) is 0 Å². The highest BCUT2D eigenvalue weighted by atomic mass is 16.3. The topological polar surface area (TPSA) is 74.9 Å². The Morgan fingerprint density at radius 1 is 1.58 bits per heavy atom. The molecule has 0 saturated heterocycles. The van der Waals surface area contributed by atoms with Gasteiger partial charge in [0.2, 0.25) is 0 Å². The SMILES string of the molecule is CC(N)C(C)(C)O.c1c[nH]cn1. The number of aromatic amines is 1. The minimum absolute atomic E-state index is 0.146. The van der Waals surface area contributed by atoms with E-state index in [4.69, 9.17) is 10.8 Å². The van der Waals surface area contributed by atoms with E-state index in [1.807, 2.05) is 0 Å². The van der Waals surface area contributed by atoms with Gasteiger partial charge in [0.05, 0.1) is 11.9 Å². The number of nitrogens with one attached hydrogen (secondary N) is 1. The lowest BCUT2D eigenvalue weighted by atomic mass is 10.0. The van der Waals surface area contributed by atoms with Gasteiger partial charge in [0.1, 0.15) is 0 Å². The average Bonchev–Trinajstić information content (AvgIpc) is 2.39. The number of aromatic nitrogens is 2. The number of nitrogens with zero attached hydrogens (tertiary/aromatic N) is 1. The Morgan fingerprint density at radius 3 is 2.17 bits per heavy atom. The molecule has 1 unspecified atom stereocenters. The zero-order chi connectivity index (χ0) is 9.61. The molecule has 0 aliphatic heterocycles. The quantitative estimate of drug-likeness (QED) is 0.576. The molecule has 1 atom stereocenters. The second-order valence-corrected chi connectivity index (χ2v) is 3.20. The minimum Gasteiger partial charge on any atom is -0.389 e. The molecular formula is C8H17N3O. The van der Waals surface area contributed by atoms with E-state index in [-0.39, 0.29) is 6.04 Å². The van der Waals surface area contributed by atoms with Crippen molar-refractivity contribution < 1.29 is 5.11 Å². The molecule has 4 heteroatoms. The van der Waals surface area contributed by atoms with Crippen LogP contribution in [0.1, 0.15) is 20.8 Å². The molecule has 12 heavy (non-hydrogen) atoms. The molecule has 4 nitrogen and oxygen atoms in total. The predicted molar refractivity (Wildman–Crippen MR) is 48.5 cm³/mol. The summed E-state index contributed by atoms with van der Waals surface area (Å²) in [7, 11) is 0. The molecule has 1 aromatic rings. The van der Waals surface area contributed by atoms with Crippen molar-refractivity contribution >= 4 is 0 Å². The first-order valence-electron chi connectivity index (χ1n) is 3.85. The van der Waals surface area contributed by atoms with Crippen LogP contribution in [0.4, 0.5) is 0 Å². The van der Waals surface area contributed by atoms with Crippen LogP contribution < -0.4 is 5.73 Å². The third kappa shape index (κ3) is 5.88. The maximum Gasteiger partial charge on any atom is 0.0919 e. The standard InChI is InChI=1S/C5H13NO.C3H4N2/c1-4(6)5(2,3)7;1-2-5-3-4-1/h4,7H,6H2,1-3H3;1-3H,(H,4,5). The molecule has 0 fully saturated rings. The minimum atomic E-state index is -0.722. The molecule has 70 valence electrons. The van der Waals surface area contributed by atoms with Crippen LogP contribution in [0.15, 0.2) is 18.7 Å². The summed E-state index contributed by atoms with van der Waals surface area (Å²) < 4.78 is 0. The Balaban J connectivity index is 0.000000211. The van der Waals surface area contributed by atoms with Gasteiger partial charge in [0, 0.05) is 18.4 Å². The van der Waals surface area contributed by atoms with Crippen LogP contribution in [0.5, 0.6) is 0 Å². The van der Waals surface area contributed by atoms with Crippen LogP contribution >= 0.6 is 0 Å². The van der Waals surface area contributed by atoms with Gasteiger partial charge < -0.3 is 15.8 Å². The number of H-pyrrole nitrogens is 1. The van der Waals surface area contributed by atoms with Crippen molar-refractivity contribution in [1.29, 1.82) is 0 Å². The van der Waals surface area contributed by atoms with Crippen molar-refractivity contribution in [3.8, 4) is 0 Å². The molecule has 0 aromatic carbocycles. The molecule has 1 heterocycles. The van der Waals surface area contributed by atoms with Crippen LogP contribution in [0.3, 0.4) is 0 Å². The lowest BCUT2D eigenvalue weighted by molar-refractivity contribution is 0.0582. The van der Waals surface area contributed by atoms with E-state index in [0.717, 1.165) is 0 Å². The molecule has 0 bridgehead atoms. The third-order valence-corrected chi connectivity index (χ3v) is 1.52. The second kappa shape index (κ2) is 4.90. The summed E-state index contributed by atoms with van der Waals surface area (Å²) in [4.78, 5) is 6.42. The largest absolute Gasteiger partial charge is 0.389 e. The molecule has 1 rings (SSSR count). The first kappa shape index (κ1) is 11.1. The van der Waals surface area contributed by atoms with Crippen LogP contribution in [-0.4, -0.2) is 26.7 Å². The van der Waals surface area contributed by atoms with Crippen molar-refractivity contribution in [3.05, 3.63) is 18.7 Å². The fourth-order valence-electron chi connectivity index (χ4n) is 0.215. The molecule has 0 spiro atoms. The maximum absolute atomic E-state index is 8.97. The van der Waals surface area contributed by atoms with E-state index >= 15 is 0 Å². The normalized spacial score (nSPS) is 13.1. The highest BCUT2D eigenvalue weighted by molar-refractivity contribution is 4.74. The summed E-state index contributed by atoms with van der Waals surface area (Å²) in [6.07, 6.45) is 5.08. The zero-order valence-electron chi connectivity index (χ0n) is 7.78. The third-order valence-electron chi connectivity index (χ3n) is 1.52. The maximum atomic E-state index is 8.97. The van der Waals surface area contributed by atoms with Crippen molar-refractivity contribution in [2.45, 2.75) is 32.4 Å². The van der Waals surface area contributed by atoms with Gasteiger partial charge in [-0.1, -0.05) is 0 Å². The summed E-state index contributed by atoms with van der Waals surface area (Å²) >= 11 is 0. The number of rotatable bonds is 1. The highest BCUT2D eigenvalue weighted by Crippen LogP contribution is 2.03. The molecule has 4 N–H and O–H groups in total. The second-order valence-electron chi connectivity index (χ2n) is 3.20. The van der Waals surface area contributed by atoms with Crippen molar-refractivity contribution in [2.24, 2.45) is 5.73 Å². The van der Waals surface area contributed by atoms with Crippen molar-refractivity contribution in [3.63, 3.8) is 0 Å². The van der Waals surface area contributed by atoms with Gasteiger partial charge in [0.25, 0.3) is 0 Å². The van der Waals surface area contributed by atoms with E-state index in [2.05, 4.69) is 9.97 Å². The molecule has 0 radical (unpaired) electrons. The Hall–Kier alpha value is -0.870. The smallest absolute Gasteiger partial charge is 0.0919 e. The van der Waals surface area contributed by atoms with Gasteiger partial charge >= 0.3 is 0 Å². The molecule has 0 amide bonds.